The van der Waals surface area contributed by atoms with Gasteiger partial charge in [0.05, 0.1) is 11.0 Å². The van der Waals surface area contributed by atoms with Crippen LogP contribution in [0.5, 0.6) is 0 Å². The first-order chi connectivity index (χ1) is 11.3. The van der Waals surface area contributed by atoms with Gasteiger partial charge in [-0.1, -0.05) is 13.8 Å². The topological polar surface area (TPSA) is 3.88 Å². The Kier molecular flexibility index (Phi) is 4.01. The van der Waals surface area contributed by atoms with E-state index >= 15 is 0 Å². The zero-order valence-corrected chi connectivity index (χ0v) is 15.2. The molecule has 0 bridgehead atoms. The summed E-state index contributed by atoms with van der Waals surface area (Å²) in [4.78, 5) is 0. The number of aryl methyl sites for hydroxylation is 1. The molecular formula is C21H26F2N+. The van der Waals surface area contributed by atoms with Crippen LogP contribution in [-0.2, 0) is 11.0 Å². The largest absolute Gasteiger partial charge is 0.219 e. The number of rotatable bonds is 3. The molecule has 0 spiro atoms. The number of halogens is 2. The summed E-state index contributed by atoms with van der Waals surface area (Å²) in [6.45, 7) is 10.7. The van der Waals surface area contributed by atoms with Gasteiger partial charge in [0.15, 0.2) is 11.7 Å². The molecule has 0 radical (unpaired) electrons. The predicted octanol–water partition coefficient (Wildman–Crippen LogP) is 5.42. The summed E-state index contributed by atoms with van der Waals surface area (Å²) >= 11 is 0. The maximum atomic E-state index is 14.9. The number of aromatic nitrogens is 1. The molecule has 1 aromatic heterocycles. The molecule has 3 rings (SSSR count). The Bertz CT molecular complexity index is 799. The lowest BCUT2D eigenvalue weighted by Crippen LogP contribution is -2.68. The van der Waals surface area contributed by atoms with Crippen LogP contribution in [0.15, 0.2) is 30.5 Å². The summed E-state index contributed by atoms with van der Waals surface area (Å²) < 4.78 is 31.2. The highest BCUT2D eigenvalue weighted by molar-refractivity contribution is 5.68. The van der Waals surface area contributed by atoms with Gasteiger partial charge >= 0.3 is 0 Å². The standard InChI is InChI=1S/C21H26F2N/c1-6-10-21(5)20(4,7-2)16-12-15(22)13-17(23)18(16)19-14(3)9-8-11-24(19)21/h8-9,11-13H,6-7,10H2,1-5H3/q+1. The molecule has 2 unspecified atom stereocenters. The number of hydrogen-bond acceptors (Lipinski definition) is 0. The van der Waals surface area contributed by atoms with E-state index in [0.29, 0.717) is 5.56 Å². The molecule has 3 heteroatoms. The van der Waals surface area contributed by atoms with E-state index in [4.69, 9.17) is 0 Å². The molecule has 2 atom stereocenters. The predicted molar refractivity (Wildman–Crippen MR) is 92.9 cm³/mol. The highest BCUT2D eigenvalue weighted by Gasteiger charge is 2.57. The molecule has 1 aliphatic heterocycles. The van der Waals surface area contributed by atoms with Gasteiger partial charge in [-0.3, -0.25) is 0 Å². The van der Waals surface area contributed by atoms with Crippen molar-refractivity contribution >= 4 is 0 Å². The Labute approximate surface area is 143 Å². The van der Waals surface area contributed by atoms with Gasteiger partial charge in [0, 0.05) is 31.0 Å². The van der Waals surface area contributed by atoms with Gasteiger partial charge in [0.25, 0.3) is 0 Å². The first kappa shape index (κ1) is 17.1. The zero-order valence-electron chi connectivity index (χ0n) is 15.2. The van der Waals surface area contributed by atoms with E-state index in [1.807, 2.05) is 19.1 Å². The Morgan fingerprint density at radius 2 is 1.83 bits per heavy atom. The maximum Gasteiger partial charge on any atom is 0.219 e. The van der Waals surface area contributed by atoms with Gasteiger partial charge in [0.1, 0.15) is 11.6 Å². The average Bonchev–Trinajstić information content (AvgIpc) is 2.53. The zero-order chi connectivity index (χ0) is 17.7. The third kappa shape index (κ3) is 2.06. The second-order valence-electron chi connectivity index (χ2n) is 7.43. The van der Waals surface area contributed by atoms with E-state index in [-0.39, 0.29) is 11.0 Å². The monoisotopic (exact) mass is 330 g/mol. The van der Waals surface area contributed by atoms with Crippen molar-refractivity contribution < 1.29 is 13.3 Å². The van der Waals surface area contributed by atoms with Crippen LogP contribution in [0, 0.1) is 18.6 Å². The minimum Gasteiger partial charge on any atom is -0.207 e. The van der Waals surface area contributed by atoms with Crippen molar-refractivity contribution in [2.75, 3.05) is 0 Å². The quantitative estimate of drug-likeness (QED) is 0.661. The van der Waals surface area contributed by atoms with Crippen molar-refractivity contribution in [3.63, 3.8) is 0 Å². The summed E-state index contributed by atoms with van der Waals surface area (Å²) in [5.41, 5.74) is 2.69. The molecule has 0 aliphatic carbocycles. The lowest BCUT2D eigenvalue weighted by Gasteiger charge is -2.46. The molecule has 24 heavy (non-hydrogen) atoms. The first-order valence-corrected chi connectivity index (χ1v) is 8.81. The van der Waals surface area contributed by atoms with Gasteiger partial charge in [-0.25, -0.2) is 8.78 Å². The Morgan fingerprint density at radius 1 is 1.12 bits per heavy atom. The molecule has 1 nitrogen and oxygen atoms in total. The van der Waals surface area contributed by atoms with Crippen molar-refractivity contribution in [3.05, 3.63) is 53.2 Å². The fourth-order valence-corrected chi connectivity index (χ4v) is 4.61. The molecule has 2 heterocycles. The van der Waals surface area contributed by atoms with Crippen LogP contribution in [0.25, 0.3) is 11.3 Å². The second kappa shape index (κ2) is 5.65. The van der Waals surface area contributed by atoms with Crippen molar-refractivity contribution in [1.29, 1.82) is 0 Å². The maximum absolute atomic E-state index is 14.9. The van der Waals surface area contributed by atoms with Crippen LogP contribution >= 0.6 is 0 Å². The van der Waals surface area contributed by atoms with E-state index < -0.39 is 11.6 Å². The smallest absolute Gasteiger partial charge is 0.207 e. The number of pyridine rings is 1. The van der Waals surface area contributed by atoms with Crippen LogP contribution in [0.3, 0.4) is 0 Å². The molecule has 0 N–H and O–H groups in total. The minimum atomic E-state index is -0.494. The van der Waals surface area contributed by atoms with Crippen LogP contribution in [-0.4, -0.2) is 0 Å². The first-order valence-electron chi connectivity index (χ1n) is 8.81. The van der Waals surface area contributed by atoms with Crippen LogP contribution in [0.2, 0.25) is 0 Å². The third-order valence-electron chi connectivity index (χ3n) is 6.25. The van der Waals surface area contributed by atoms with Gasteiger partial charge in [-0.15, -0.1) is 0 Å². The Balaban J connectivity index is 2.50. The van der Waals surface area contributed by atoms with Crippen molar-refractivity contribution in [3.8, 4) is 11.3 Å². The summed E-state index contributed by atoms with van der Waals surface area (Å²) in [6.07, 6.45) is 4.84. The lowest BCUT2D eigenvalue weighted by molar-refractivity contribution is -0.766. The van der Waals surface area contributed by atoms with Gasteiger partial charge in [-0.05, 0) is 44.4 Å². The Hall–Kier alpha value is -1.77. The number of nitrogens with zero attached hydrogens (tertiary/aromatic N) is 1. The van der Waals surface area contributed by atoms with E-state index in [9.17, 15) is 8.78 Å². The fraction of sp³-hybridized carbons (Fsp3) is 0.476. The van der Waals surface area contributed by atoms with Crippen LogP contribution in [0.4, 0.5) is 8.78 Å². The second-order valence-corrected chi connectivity index (χ2v) is 7.43. The van der Waals surface area contributed by atoms with Crippen LogP contribution in [0.1, 0.15) is 58.1 Å². The van der Waals surface area contributed by atoms with Gasteiger partial charge in [0.2, 0.25) is 5.69 Å². The summed E-state index contributed by atoms with van der Waals surface area (Å²) in [6, 6.07) is 6.58. The summed E-state index contributed by atoms with van der Waals surface area (Å²) in [5.74, 6) is -0.960. The van der Waals surface area contributed by atoms with E-state index in [0.717, 1.165) is 42.1 Å². The van der Waals surface area contributed by atoms with E-state index in [1.54, 1.807) is 6.07 Å². The van der Waals surface area contributed by atoms with E-state index in [1.165, 1.54) is 0 Å². The molecule has 1 aliphatic rings. The molecule has 1 aromatic carbocycles. The minimum absolute atomic E-state index is 0.231. The number of hydrogen-bond donors (Lipinski definition) is 0. The fourth-order valence-electron chi connectivity index (χ4n) is 4.61. The van der Waals surface area contributed by atoms with Crippen molar-refractivity contribution in [2.45, 2.75) is 64.8 Å². The normalized spacial score (nSPS) is 25.3. The Morgan fingerprint density at radius 3 is 2.46 bits per heavy atom. The summed E-state index contributed by atoms with van der Waals surface area (Å²) in [5, 5.41) is 0. The van der Waals surface area contributed by atoms with Crippen molar-refractivity contribution in [2.24, 2.45) is 0 Å². The molecular weight excluding hydrogens is 304 g/mol. The molecule has 0 saturated heterocycles. The highest BCUT2D eigenvalue weighted by Crippen LogP contribution is 2.51. The SMILES string of the molecule is CCCC1(C)[n+]2cccc(C)c2-c2c(F)cc(F)cc2C1(C)CC. The average molecular weight is 330 g/mol. The molecule has 128 valence electrons. The molecule has 0 amide bonds. The van der Waals surface area contributed by atoms with Gasteiger partial charge in [-0.2, -0.15) is 4.57 Å². The highest BCUT2D eigenvalue weighted by atomic mass is 19.1. The van der Waals surface area contributed by atoms with Gasteiger partial charge < -0.3 is 0 Å². The molecule has 0 fully saturated rings. The number of fused-ring (bicyclic) bond motifs is 3. The molecule has 0 saturated carbocycles. The summed E-state index contributed by atoms with van der Waals surface area (Å²) in [7, 11) is 0. The van der Waals surface area contributed by atoms with Crippen LogP contribution < -0.4 is 4.57 Å². The molecule has 2 aromatic rings. The third-order valence-corrected chi connectivity index (χ3v) is 6.25. The lowest BCUT2D eigenvalue weighted by atomic mass is 9.60. The van der Waals surface area contributed by atoms with E-state index in [2.05, 4.69) is 38.5 Å². The van der Waals surface area contributed by atoms with Crippen molar-refractivity contribution in [1.82, 2.24) is 0 Å². The number of benzene rings is 1.